The van der Waals surface area contributed by atoms with Gasteiger partial charge in [0, 0.05) is 24.7 Å². The van der Waals surface area contributed by atoms with E-state index in [9.17, 15) is 0 Å². The molecule has 1 saturated carbocycles. The van der Waals surface area contributed by atoms with Gasteiger partial charge in [-0.25, -0.2) is 14.5 Å². The third-order valence-corrected chi connectivity index (χ3v) is 5.64. The van der Waals surface area contributed by atoms with Crippen LogP contribution in [0.4, 0.5) is 5.95 Å². The number of nitrogens with zero attached hydrogens (tertiary/aromatic N) is 4. The standard InChI is InChI=1S/C16H22ClN5O/c1-2-16(6-3-7-16)14-20-13(17)12-10-18-15(21-22(12)14)19-11-4-8-23-9-5-11/h10-11H,2-9H2,1H3,(H,19,21). The number of ether oxygens (including phenoxy) is 1. The van der Waals surface area contributed by atoms with Crippen LogP contribution >= 0.6 is 11.6 Å². The highest BCUT2D eigenvalue weighted by atomic mass is 35.5. The van der Waals surface area contributed by atoms with Crippen LogP contribution in [0.15, 0.2) is 6.20 Å². The summed E-state index contributed by atoms with van der Waals surface area (Å²) >= 11 is 6.32. The van der Waals surface area contributed by atoms with Crippen molar-refractivity contribution in [2.45, 2.75) is 56.9 Å². The van der Waals surface area contributed by atoms with E-state index in [-0.39, 0.29) is 5.41 Å². The van der Waals surface area contributed by atoms with Gasteiger partial charge in [0.2, 0.25) is 5.95 Å². The van der Waals surface area contributed by atoms with E-state index in [0.717, 1.165) is 56.7 Å². The molecule has 23 heavy (non-hydrogen) atoms. The number of anilines is 1. The Morgan fingerprint density at radius 2 is 2.17 bits per heavy atom. The van der Waals surface area contributed by atoms with E-state index in [1.165, 1.54) is 6.42 Å². The van der Waals surface area contributed by atoms with Crippen LogP contribution in [0.25, 0.3) is 5.52 Å². The fourth-order valence-corrected chi connectivity index (χ4v) is 3.83. The predicted molar refractivity (Wildman–Crippen MR) is 89.1 cm³/mol. The molecule has 1 aliphatic carbocycles. The number of fused-ring (bicyclic) bond motifs is 1. The van der Waals surface area contributed by atoms with Crippen LogP contribution in [0.2, 0.25) is 5.15 Å². The van der Waals surface area contributed by atoms with Gasteiger partial charge in [0.05, 0.1) is 6.20 Å². The minimum Gasteiger partial charge on any atom is -0.381 e. The van der Waals surface area contributed by atoms with Crippen LogP contribution in [-0.4, -0.2) is 38.8 Å². The van der Waals surface area contributed by atoms with E-state index in [4.69, 9.17) is 21.4 Å². The van der Waals surface area contributed by atoms with E-state index in [1.807, 2.05) is 4.52 Å². The Morgan fingerprint density at radius 3 is 2.83 bits per heavy atom. The minimum atomic E-state index is 0.125. The second-order valence-electron chi connectivity index (χ2n) is 6.62. The molecule has 1 N–H and O–H groups in total. The largest absolute Gasteiger partial charge is 0.381 e. The Labute approximate surface area is 140 Å². The molecular formula is C16H22ClN5O. The first-order chi connectivity index (χ1) is 11.2. The fraction of sp³-hybridized carbons (Fsp3) is 0.688. The van der Waals surface area contributed by atoms with E-state index >= 15 is 0 Å². The van der Waals surface area contributed by atoms with Gasteiger partial charge in [0.25, 0.3) is 0 Å². The van der Waals surface area contributed by atoms with Gasteiger partial charge in [-0.3, -0.25) is 0 Å². The molecule has 4 rings (SSSR count). The van der Waals surface area contributed by atoms with Gasteiger partial charge < -0.3 is 10.1 Å². The summed E-state index contributed by atoms with van der Waals surface area (Å²) in [4.78, 5) is 9.04. The highest BCUT2D eigenvalue weighted by molar-refractivity contribution is 6.32. The minimum absolute atomic E-state index is 0.125. The van der Waals surface area contributed by atoms with Gasteiger partial charge in [-0.15, -0.1) is 5.10 Å². The Morgan fingerprint density at radius 1 is 1.39 bits per heavy atom. The Kier molecular flexibility index (Phi) is 3.89. The van der Waals surface area contributed by atoms with Crippen LogP contribution in [0.1, 0.15) is 51.3 Å². The van der Waals surface area contributed by atoms with Crippen molar-refractivity contribution in [2.75, 3.05) is 18.5 Å². The molecule has 2 aliphatic rings. The summed E-state index contributed by atoms with van der Waals surface area (Å²) in [7, 11) is 0. The monoisotopic (exact) mass is 335 g/mol. The van der Waals surface area contributed by atoms with Crippen molar-refractivity contribution in [3.63, 3.8) is 0 Å². The number of aromatic nitrogens is 4. The van der Waals surface area contributed by atoms with E-state index in [1.54, 1.807) is 6.20 Å². The summed E-state index contributed by atoms with van der Waals surface area (Å²) in [5.41, 5.74) is 0.916. The maximum absolute atomic E-state index is 6.32. The van der Waals surface area contributed by atoms with Crippen molar-refractivity contribution < 1.29 is 4.74 Å². The normalized spacial score (nSPS) is 21.3. The zero-order valence-corrected chi connectivity index (χ0v) is 14.1. The van der Waals surface area contributed by atoms with Gasteiger partial charge in [0.1, 0.15) is 11.3 Å². The second-order valence-corrected chi connectivity index (χ2v) is 6.98. The molecule has 6 nitrogen and oxygen atoms in total. The van der Waals surface area contributed by atoms with Gasteiger partial charge in [-0.1, -0.05) is 24.9 Å². The lowest BCUT2D eigenvalue weighted by Crippen LogP contribution is -2.36. The smallest absolute Gasteiger partial charge is 0.241 e. The van der Waals surface area contributed by atoms with Crippen LogP contribution in [-0.2, 0) is 10.2 Å². The van der Waals surface area contributed by atoms with Crippen molar-refractivity contribution >= 4 is 23.1 Å². The topological polar surface area (TPSA) is 64.3 Å². The molecule has 0 aromatic carbocycles. The summed E-state index contributed by atoms with van der Waals surface area (Å²) in [6, 6.07) is 0.368. The number of hydrogen-bond acceptors (Lipinski definition) is 5. The lowest BCUT2D eigenvalue weighted by molar-refractivity contribution is 0.0903. The SMILES string of the molecule is CCC1(c2nc(Cl)c3cnc(NC4CCOCC4)nn23)CCC1. The molecule has 2 aromatic rings. The van der Waals surface area contributed by atoms with E-state index in [0.29, 0.717) is 17.1 Å². The highest BCUT2D eigenvalue weighted by Crippen LogP contribution is 2.46. The molecule has 0 unspecified atom stereocenters. The summed E-state index contributed by atoms with van der Waals surface area (Å²) < 4.78 is 7.30. The zero-order chi connectivity index (χ0) is 15.9. The molecule has 2 fully saturated rings. The molecule has 1 saturated heterocycles. The van der Waals surface area contributed by atoms with Crippen LogP contribution < -0.4 is 5.32 Å². The number of hydrogen-bond donors (Lipinski definition) is 1. The van der Waals surface area contributed by atoms with Crippen molar-refractivity contribution in [3.8, 4) is 0 Å². The summed E-state index contributed by atoms with van der Waals surface area (Å²) in [5, 5.41) is 8.61. The molecule has 1 aliphatic heterocycles. The first-order valence-corrected chi connectivity index (χ1v) is 8.86. The maximum Gasteiger partial charge on any atom is 0.241 e. The molecule has 0 atom stereocenters. The first-order valence-electron chi connectivity index (χ1n) is 8.48. The van der Waals surface area contributed by atoms with Gasteiger partial charge >= 0.3 is 0 Å². The molecule has 0 spiro atoms. The molecule has 2 aromatic heterocycles. The molecule has 0 amide bonds. The van der Waals surface area contributed by atoms with Gasteiger partial charge in [-0.05, 0) is 32.1 Å². The number of rotatable bonds is 4. The third kappa shape index (κ3) is 2.58. The number of imidazole rings is 1. The molecule has 0 bridgehead atoms. The quantitative estimate of drug-likeness (QED) is 0.929. The Hall–Kier alpha value is -1.40. The van der Waals surface area contributed by atoms with Crippen LogP contribution in [0.3, 0.4) is 0 Å². The van der Waals surface area contributed by atoms with Crippen molar-refractivity contribution in [1.82, 2.24) is 19.6 Å². The first kappa shape index (κ1) is 15.1. The van der Waals surface area contributed by atoms with Gasteiger partial charge in [-0.2, -0.15) is 0 Å². The van der Waals surface area contributed by atoms with Crippen LogP contribution in [0, 0.1) is 0 Å². The molecule has 0 radical (unpaired) electrons. The maximum atomic E-state index is 6.32. The number of halogens is 1. The highest BCUT2D eigenvalue weighted by Gasteiger charge is 2.41. The average Bonchev–Trinajstić information content (AvgIpc) is 2.85. The third-order valence-electron chi connectivity index (χ3n) is 5.36. The predicted octanol–water partition coefficient (Wildman–Crippen LogP) is 3.20. The summed E-state index contributed by atoms with van der Waals surface area (Å²) in [6.45, 7) is 3.80. The summed E-state index contributed by atoms with van der Waals surface area (Å²) in [5.74, 6) is 1.63. The lowest BCUT2D eigenvalue weighted by atomic mass is 9.66. The number of nitrogens with one attached hydrogen (secondary N) is 1. The van der Waals surface area contributed by atoms with Gasteiger partial charge in [0.15, 0.2) is 5.15 Å². The lowest BCUT2D eigenvalue weighted by Gasteiger charge is -2.39. The Balaban J connectivity index is 1.69. The molecule has 3 heterocycles. The average molecular weight is 336 g/mol. The van der Waals surface area contributed by atoms with Crippen LogP contribution in [0.5, 0.6) is 0 Å². The van der Waals surface area contributed by atoms with E-state index < -0.39 is 0 Å². The van der Waals surface area contributed by atoms with Crippen molar-refractivity contribution in [1.29, 1.82) is 0 Å². The molecule has 124 valence electrons. The van der Waals surface area contributed by atoms with Crippen molar-refractivity contribution in [3.05, 3.63) is 17.2 Å². The summed E-state index contributed by atoms with van der Waals surface area (Å²) in [6.07, 6.45) is 8.37. The molecule has 7 heteroatoms. The van der Waals surface area contributed by atoms with Crippen molar-refractivity contribution in [2.24, 2.45) is 0 Å². The van der Waals surface area contributed by atoms with E-state index in [2.05, 4.69) is 22.2 Å². The zero-order valence-electron chi connectivity index (χ0n) is 13.4. The molecular weight excluding hydrogens is 314 g/mol. The fourth-order valence-electron chi connectivity index (χ4n) is 3.62. The second kappa shape index (κ2) is 5.91. The Bertz CT molecular complexity index is 700.